The number of carbonyl (C=O) groups is 3. The third-order valence-corrected chi connectivity index (χ3v) is 6.38. The molecule has 9 nitrogen and oxygen atoms in total. The number of nitrogens with one attached hydrogen (secondary N) is 2. The smallest absolute Gasteiger partial charge is 0.329 e. The van der Waals surface area contributed by atoms with Crippen LogP contribution in [0.25, 0.3) is 0 Å². The van der Waals surface area contributed by atoms with Crippen LogP contribution in [0.15, 0.2) is 53.4 Å². The van der Waals surface area contributed by atoms with Gasteiger partial charge in [0.25, 0.3) is 11.8 Å². The Hall–Kier alpha value is -3.31. The van der Waals surface area contributed by atoms with Gasteiger partial charge in [-0.1, -0.05) is 32.0 Å². The molecule has 2 aromatic rings. The van der Waals surface area contributed by atoms with Crippen molar-refractivity contribution >= 4 is 33.5 Å². The van der Waals surface area contributed by atoms with Crippen LogP contribution in [0.5, 0.6) is 0 Å². The molecule has 2 amide bonds. The van der Waals surface area contributed by atoms with Crippen LogP contribution in [0.4, 0.5) is 10.1 Å². The molecule has 2 aromatic carbocycles. The molecule has 0 heterocycles. The standard InChI is InChI=1S/C22H26FN3O6S/c1-14(2)20(25-21(28)17-10-5-6-11-18(17)23)22(29)32-13-19(27)24-15-8-7-9-16(12-15)33(30,31)26(3)4/h5-12,14,20H,13H2,1-4H3,(H,24,27)(H,25,28). The van der Waals surface area contributed by atoms with Crippen LogP contribution in [0, 0.1) is 11.7 Å². The molecule has 33 heavy (non-hydrogen) atoms. The molecule has 0 aliphatic carbocycles. The molecule has 0 radical (unpaired) electrons. The van der Waals surface area contributed by atoms with Gasteiger partial charge in [-0.15, -0.1) is 0 Å². The first-order valence-corrected chi connectivity index (χ1v) is 11.4. The molecule has 11 heteroatoms. The maximum absolute atomic E-state index is 13.8. The highest BCUT2D eigenvalue weighted by Gasteiger charge is 2.27. The Balaban J connectivity index is 2.00. The summed E-state index contributed by atoms with van der Waals surface area (Å²) >= 11 is 0. The van der Waals surface area contributed by atoms with Gasteiger partial charge in [-0.05, 0) is 36.2 Å². The molecular formula is C22H26FN3O6S. The van der Waals surface area contributed by atoms with Crippen molar-refractivity contribution < 1.29 is 31.9 Å². The monoisotopic (exact) mass is 479 g/mol. The van der Waals surface area contributed by atoms with Gasteiger partial charge in [0.15, 0.2) is 6.61 Å². The van der Waals surface area contributed by atoms with Crippen LogP contribution >= 0.6 is 0 Å². The van der Waals surface area contributed by atoms with E-state index in [4.69, 9.17) is 4.74 Å². The summed E-state index contributed by atoms with van der Waals surface area (Å²) in [5.41, 5.74) is -0.0199. The minimum atomic E-state index is -3.69. The second-order valence-electron chi connectivity index (χ2n) is 7.65. The molecule has 0 saturated heterocycles. The lowest BCUT2D eigenvalue weighted by Crippen LogP contribution is -2.46. The van der Waals surface area contributed by atoms with Gasteiger partial charge < -0.3 is 15.4 Å². The van der Waals surface area contributed by atoms with E-state index in [-0.39, 0.29) is 16.1 Å². The number of halogens is 1. The largest absolute Gasteiger partial charge is 0.454 e. The number of amides is 2. The summed E-state index contributed by atoms with van der Waals surface area (Å²) in [5, 5.41) is 4.88. The number of hydrogen-bond acceptors (Lipinski definition) is 6. The lowest BCUT2D eigenvalue weighted by atomic mass is 10.0. The zero-order valence-electron chi connectivity index (χ0n) is 18.7. The van der Waals surface area contributed by atoms with Gasteiger partial charge in [0, 0.05) is 19.8 Å². The number of ether oxygens (including phenoxy) is 1. The van der Waals surface area contributed by atoms with E-state index < -0.39 is 52.2 Å². The lowest BCUT2D eigenvalue weighted by molar-refractivity contribution is -0.150. The Morgan fingerprint density at radius 1 is 1.06 bits per heavy atom. The number of esters is 1. The van der Waals surface area contributed by atoms with Gasteiger partial charge in [-0.3, -0.25) is 9.59 Å². The van der Waals surface area contributed by atoms with E-state index in [9.17, 15) is 27.2 Å². The van der Waals surface area contributed by atoms with Gasteiger partial charge in [-0.25, -0.2) is 21.9 Å². The molecule has 2 rings (SSSR count). The average Bonchev–Trinajstić information content (AvgIpc) is 2.75. The van der Waals surface area contributed by atoms with Gasteiger partial charge in [0.1, 0.15) is 11.9 Å². The fourth-order valence-electron chi connectivity index (χ4n) is 2.73. The third kappa shape index (κ3) is 6.83. The van der Waals surface area contributed by atoms with Crippen LogP contribution in [0.2, 0.25) is 0 Å². The van der Waals surface area contributed by atoms with Crippen molar-refractivity contribution in [2.75, 3.05) is 26.0 Å². The first kappa shape index (κ1) is 25.9. The van der Waals surface area contributed by atoms with Gasteiger partial charge in [-0.2, -0.15) is 0 Å². The van der Waals surface area contributed by atoms with E-state index in [1.165, 1.54) is 56.6 Å². The Morgan fingerprint density at radius 2 is 1.73 bits per heavy atom. The second-order valence-corrected chi connectivity index (χ2v) is 9.80. The number of anilines is 1. The number of carbonyl (C=O) groups excluding carboxylic acids is 3. The SMILES string of the molecule is CC(C)C(NC(=O)c1ccccc1F)C(=O)OCC(=O)Nc1cccc(S(=O)(=O)N(C)C)c1. The van der Waals surface area contributed by atoms with Crippen molar-refractivity contribution in [1.29, 1.82) is 0 Å². The van der Waals surface area contributed by atoms with E-state index in [0.717, 1.165) is 10.4 Å². The van der Waals surface area contributed by atoms with Gasteiger partial charge in [0.05, 0.1) is 10.5 Å². The van der Waals surface area contributed by atoms with Crippen molar-refractivity contribution in [3.05, 3.63) is 59.9 Å². The summed E-state index contributed by atoms with van der Waals surface area (Å²) in [6.07, 6.45) is 0. The second kappa shape index (κ2) is 11.0. The molecule has 0 saturated carbocycles. The van der Waals surface area contributed by atoms with E-state index in [2.05, 4.69) is 10.6 Å². The van der Waals surface area contributed by atoms with Crippen LogP contribution in [0.3, 0.4) is 0 Å². The Labute approximate surface area is 192 Å². The average molecular weight is 480 g/mol. The zero-order chi connectivity index (χ0) is 24.8. The first-order chi connectivity index (χ1) is 15.4. The van der Waals surface area contributed by atoms with E-state index in [1.54, 1.807) is 13.8 Å². The molecular weight excluding hydrogens is 453 g/mol. The van der Waals surface area contributed by atoms with Crippen LogP contribution in [-0.4, -0.2) is 57.3 Å². The Kier molecular flexibility index (Phi) is 8.66. The van der Waals surface area contributed by atoms with Crippen LogP contribution in [-0.2, 0) is 24.3 Å². The Morgan fingerprint density at radius 3 is 2.33 bits per heavy atom. The number of benzene rings is 2. The van der Waals surface area contributed by atoms with E-state index >= 15 is 0 Å². The topological polar surface area (TPSA) is 122 Å². The molecule has 0 aromatic heterocycles. The summed E-state index contributed by atoms with van der Waals surface area (Å²) in [5.74, 6) is -3.49. The fraction of sp³-hybridized carbons (Fsp3) is 0.318. The predicted octanol–water partition coefficient (Wildman–Crippen LogP) is 2.01. The van der Waals surface area contributed by atoms with Gasteiger partial charge in [0.2, 0.25) is 10.0 Å². The highest BCUT2D eigenvalue weighted by atomic mass is 32.2. The summed E-state index contributed by atoms with van der Waals surface area (Å²) in [6.45, 7) is 2.65. The van der Waals surface area contributed by atoms with Crippen molar-refractivity contribution in [3.8, 4) is 0 Å². The molecule has 0 aliphatic heterocycles. The molecule has 1 unspecified atom stereocenters. The van der Waals surface area contributed by atoms with Crippen LogP contribution in [0.1, 0.15) is 24.2 Å². The maximum atomic E-state index is 13.8. The van der Waals surface area contributed by atoms with Crippen LogP contribution < -0.4 is 10.6 Å². The summed E-state index contributed by atoms with van der Waals surface area (Å²) in [4.78, 5) is 37.0. The quantitative estimate of drug-likeness (QED) is 0.531. The highest BCUT2D eigenvalue weighted by Crippen LogP contribution is 2.18. The predicted molar refractivity (Wildman–Crippen MR) is 119 cm³/mol. The fourth-order valence-corrected chi connectivity index (χ4v) is 3.68. The summed E-state index contributed by atoms with van der Waals surface area (Å²) in [7, 11) is -0.919. The molecule has 0 fully saturated rings. The van der Waals surface area contributed by atoms with Crippen molar-refractivity contribution in [1.82, 2.24) is 9.62 Å². The molecule has 1 atom stereocenters. The molecule has 0 spiro atoms. The molecule has 0 aliphatic rings. The number of hydrogen-bond donors (Lipinski definition) is 2. The number of nitrogens with zero attached hydrogens (tertiary/aromatic N) is 1. The Bertz CT molecular complexity index is 1130. The molecule has 2 N–H and O–H groups in total. The maximum Gasteiger partial charge on any atom is 0.329 e. The van der Waals surface area contributed by atoms with Gasteiger partial charge >= 0.3 is 5.97 Å². The minimum Gasteiger partial charge on any atom is -0.454 e. The lowest BCUT2D eigenvalue weighted by Gasteiger charge is -2.21. The highest BCUT2D eigenvalue weighted by molar-refractivity contribution is 7.89. The summed E-state index contributed by atoms with van der Waals surface area (Å²) < 4.78 is 44.3. The third-order valence-electron chi connectivity index (χ3n) is 4.57. The normalized spacial score (nSPS) is 12.3. The van der Waals surface area contributed by atoms with E-state index in [1.807, 2.05) is 0 Å². The van der Waals surface area contributed by atoms with Crippen molar-refractivity contribution in [2.45, 2.75) is 24.8 Å². The molecule has 178 valence electrons. The first-order valence-electron chi connectivity index (χ1n) is 9.98. The number of sulfonamides is 1. The minimum absolute atomic E-state index is 0.0157. The van der Waals surface area contributed by atoms with Crippen molar-refractivity contribution in [2.24, 2.45) is 5.92 Å². The zero-order valence-corrected chi connectivity index (χ0v) is 19.5. The summed E-state index contributed by atoms with van der Waals surface area (Å²) in [6, 6.07) is 9.83. The van der Waals surface area contributed by atoms with Crippen molar-refractivity contribution in [3.63, 3.8) is 0 Å². The van der Waals surface area contributed by atoms with E-state index in [0.29, 0.717) is 0 Å². The number of rotatable bonds is 9. The molecule has 0 bridgehead atoms.